The minimum atomic E-state index is -1.01. The highest BCUT2D eigenvalue weighted by atomic mass is 19.1. The Morgan fingerprint density at radius 1 is 1.27 bits per heavy atom. The Kier molecular flexibility index (Phi) is 2.00. The van der Waals surface area contributed by atoms with E-state index in [1.54, 1.807) is 6.92 Å². The maximum atomic E-state index is 13.2. The molecule has 2 rings (SSSR count). The van der Waals surface area contributed by atoms with Gasteiger partial charge in [0, 0.05) is 16.5 Å². The average molecular weight is 208 g/mol. The summed E-state index contributed by atoms with van der Waals surface area (Å²) in [4.78, 5) is 11.1. The molecule has 0 aliphatic heterocycles. The van der Waals surface area contributed by atoms with E-state index in [1.165, 1.54) is 19.1 Å². The van der Waals surface area contributed by atoms with Gasteiger partial charge in [-0.3, -0.25) is 0 Å². The van der Waals surface area contributed by atoms with Crippen molar-refractivity contribution in [2.45, 2.75) is 13.8 Å². The topological polar surface area (TPSA) is 50.4 Å². The molecule has 0 amide bonds. The Morgan fingerprint density at radius 2 is 1.93 bits per heavy atom. The zero-order valence-corrected chi connectivity index (χ0v) is 8.30. The number of benzene rings is 1. The lowest BCUT2D eigenvalue weighted by molar-refractivity contribution is 0.460. The summed E-state index contributed by atoms with van der Waals surface area (Å²) in [5.74, 6) is -0.857. The van der Waals surface area contributed by atoms with E-state index in [0.717, 1.165) is 0 Å². The van der Waals surface area contributed by atoms with Gasteiger partial charge in [-0.15, -0.1) is 0 Å². The molecule has 1 aromatic heterocycles. The molecule has 1 heterocycles. The van der Waals surface area contributed by atoms with Crippen molar-refractivity contribution in [3.8, 4) is 5.75 Å². The molecular formula is C11H9FO3. The second kappa shape index (κ2) is 3.08. The van der Waals surface area contributed by atoms with Crippen LogP contribution < -0.4 is 5.63 Å². The van der Waals surface area contributed by atoms with Gasteiger partial charge in [-0.05, 0) is 26.0 Å². The fourth-order valence-corrected chi connectivity index (χ4v) is 1.52. The Hall–Kier alpha value is -1.84. The fraction of sp³-hybridized carbons (Fsp3) is 0.182. The lowest BCUT2D eigenvalue weighted by Crippen LogP contribution is -2.07. The Balaban J connectivity index is 3.05. The maximum Gasteiger partial charge on any atom is 0.372 e. The highest BCUT2D eigenvalue weighted by Crippen LogP contribution is 2.27. The average Bonchev–Trinajstić information content (AvgIpc) is 2.21. The summed E-state index contributed by atoms with van der Waals surface area (Å²) in [6.45, 7) is 3.11. The zero-order chi connectivity index (χ0) is 11.2. The molecule has 1 N–H and O–H groups in total. The molecule has 0 aliphatic carbocycles. The van der Waals surface area contributed by atoms with Crippen molar-refractivity contribution in [3.63, 3.8) is 0 Å². The Morgan fingerprint density at radius 3 is 2.60 bits per heavy atom. The predicted octanol–water partition coefficient (Wildman–Crippen LogP) is 2.25. The van der Waals surface area contributed by atoms with Crippen LogP contribution in [0.1, 0.15) is 11.1 Å². The smallest absolute Gasteiger partial charge is 0.372 e. The van der Waals surface area contributed by atoms with Gasteiger partial charge in [0.1, 0.15) is 11.3 Å². The third kappa shape index (κ3) is 1.29. The SMILES string of the molecule is Cc1c(F)c(=O)oc2c(C)c(O)ccc12. The lowest BCUT2D eigenvalue weighted by Gasteiger charge is -2.05. The van der Waals surface area contributed by atoms with Crippen molar-refractivity contribution in [1.82, 2.24) is 0 Å². The minimum absolute atomic E-state index is 0.0247. The van der Waals surface area contributed by atoms with Crippen LogP contribution in [0.5, 0.6) is 5.75 Å². The molecule has 0 unspecified atom stereocenters. The molecule has 2 aromatic rings. The van der Waals surface area contributed by atoms with Gasteiger partial charge in [0.15, 0.2) is 0 Å². The lowest BCUT2D eigenvalue weighted by atomic mass is 10.1. The molecule has 0 fully saturated rings. The van der Waals surface area contributed by atoms with Gasteiger partial charge >= 0.3 is 5.63 Å². The normalized spacial score (nSPS) is 10.9. The fourth-order valence-electron chi connectivity index (χ4n) is 1.52. The van der Waals surface area contributed by atoms with Crippen molar-refractivity contribution in [3.05, 3.63) is 39.5 Å². The third-order valence-corrected chi connectivity index (χ3v) is 2.48. The summed E-state index contributed by atoms with van der Waals surface area (Å²) in [6.07, 6.45) is 0. The van der Waals surface area contributed by atoms with Gasteiger partial charge in [0.25, 0.3) is 0 Å². The molecule has 3 nitrogen and oxygen atoms in total. The monoisotopic (exact) mass is 208 g/mol. The number of phenolic OH excluding ortho intramolecular Hbond substituents is 1. The van der Waals surface area contributed by atoms with Gasteiger partial charge < -0.3 is 9.52 Å². The Bertz CT molecular complexity index is 599. The van der Waals surface area contributed by atoms with Crippen LogP contribution in [-0.4, -0.2) is 5.11 Å². The number of aromatic hydroxyl groups is 1. The quantitative estimate of drug-likeness (QED) is 0.675. The van der Waals surface area contributed by atoms with Crippen LogP contribution in [0.4, 0.5) is 4.39 Å². The van der Waals surface area contributed by atoms with Crippen LogP contribution >= 0.6 is 0 Å². The molecule has 0 saturated carbocycles. The molecule has 0 atom stereocenters. The van der Waals surface area contributed by atoms with Crippen LogP contribution in [0.25, 0.3) is 11.0 Å². The predicted molar refractivity (Wildman–Crippen MR) is 53.6 cm³/mol. The first-order valence-electron chi connectivity index (χ1n) is 4.44. The van der Waals surface area contributed by atoms with Crippen LogP contribution in [-0.2, 0) is 0 Å². The zero-order valence-electron chi connectivity index (χ0n) is 8.30. The van der Waals surface area contributed by atoms with Crippen molar-refractivity contribution in [2.24, 2.45) is 0 Å². The van der Waals surface area contributed by atoms with E-state index in [0.29, 0.717) is 10.9 Å². The molecular weight excluding hydrogens is 199 g/mol. The molecule has 0 spiro atoms. The van der Waals surface area contributed by atoms with Gasteiger partial charge in [0.05, 0.1) is 0 Å². The molecule has 0 bridgehead atoms. The summed E-state index contributed by atoms with van der Waals surface area (Å²) in [7, 11) is 0. The summed E-state index contributed by atoms with van der Waals surface area (Å²) in [5.41, 5.74) is -0.0929. The molecule has 0 aliphatic rings. The van der Waals surface area contributed by atoms with Crippen molar-refractivity contribution >= 4 is 11.0 Å². The second-order valence-electron chi connectivity index (χ2n) is 3.41. The molecule has 15 heavy (non-hydrogen) atoms. The highest BCUT2D eigenvalue weighted by Gasteiger charge is 2.13. The number of hydrogen-bond donors (Lipinski definition) is 1. The molecule has 78 valence electrons. The van der Waals surface area contributed by atoms with Gasteiger partial charge in [0.2, 0.25) is 5.82 Å². The van der Waals surface area contributed by atoms with Crippen LogP contribution in [0.15, 0.2) is 21.3 Å². The number of phenols is 1. The molecule has 4 heteroatoms. The van der Waals surface area contributed by atoms with E-state index in [9.17, 15) is 14.3 Å². The van der Waals surface area contributed by atoms with E-state index in [1.807, 2.05) is 0 Å². The number of fused-ring (bicyclic) bond motifs is 1. The maximum absolute atomic E-state index is 13.2. The van der Waals surface area contributed by atoms with Gasteiger partial charge in [-0.1, -0.05) is 0 Å². The summed E-state index contributed by atoms with van der Waals surface area (Å²) >= 11 is 0. The van der Waals surface area contributed by atoms with E-state index >= 15 is 0 Å². The number of hydrogen-bond acceptors (Lipinski definition) is 3. The van der Waals surface area contributed by atoms with E-state index in [-0.39, 0.29) is 16.9 Å². The summed E-state index contributed by atoms with van der Waals surface area (Å²) < 4.78 is 18.0. The highest BCUT2D eigenvalue weighted by molar-refractivity contribution is 5.84. The standard InChI is InChI=1S/C11H9FO3/c1-5-7-3-4-8(13)6(2)10(7)15-11(14)9(5)12/h3-4,13H,1-2H3. The van der Waals surface area contributed by atoms with Crippen LogP contribution in [0.2, 0.25) is 0 Å². The van der Waals surface area contributed by atoms with Crippen molar-refractivity contribution in [1.29, 1.82) is 0 Å². The summed E-state index contributed by atoms with van der Waals surface area (Å²) in [5, 5.41) is 9.91. The van der Waals surface area contributed by atoms with E-state index in [4.69, 9.17) is 4.42 Å². The number of aryl methyl sites for hydroxylation is 2. The van der Waals surface area contributed by atoms with Crippen molar-refractivity contribution < 1.29 is 13.9 Å². The number of rotatable bonds is 0. The first-order chi connectivity index (χ1) is 7.02. The van der Waals surface area contributed by atoms with E-state index in [2.05, 4.69) is 0 Å². The third-order valence-electron chi connectivity index (χ3n) is 2.48. The number of halogens is 1. The Labute approximate surface area is 84.8 Å². The minimum Gasteiger partial charge on any atom is -0.508 e. The molecule has 0 radical (unpaired) electrons. The van der Waals surface area contributed by atoms with Crippen LogP contribution in [0, 0.1) is 19.7 Å². The first-order valence-corrected chi connectivity index (χ1v) is 4.44. The second-order valence-corrected chi connectivity index (χ2v) is 3.41. The van der Waals surface area contributed by atoms with Gasteiger partial charge in [-0.2, -0.15) is 4.39 Å². The molecule has 1 aromatic carbocycles. The van der Waals surface area contributed by atoms with Crippen LogP contribution in [0.3, 0.4) is 0 Å². The van der Waals surface area contributed by atoms with E-state index < -0.39 is 11.4 Å². The largest absolute Gasteiger partial charge is 0.508 e. The van der Waals surface area contributed by atoms with Crippen molar-refractivity contribution in [2.75, 3.05) is 0 Å². The van der Waals surface area contributed by atoms with Gasteiger partial charge in [-0.25, -0.2) is 4.79 Å². The summed E-state index contributed by atoms with van der Waals surface area (Å²) in [6, 6.07) is 2.98. The first kappa shape index (κ1) is 9.71. The molecule has 0 saturated heterocycles.